The van der Waals surface area contributed by atoms with Crippen molar-refractivity contribution in [2.24, 2.45) is 0 Å². The van der Waals surface area contributed by atoms with E-state index < -0.39 is 18.9 Å². The van der Waals surface area contributed by atoms with Gasteiger partial charge in [0.1, 0.15) is 0 Å². The van der Waals surface area contributed by atoms with E-state index in [0.29, 0.717) is 6.42 Å². The van der Waals surface area contributed by atoms with Crippen LogP contribution in [0.15, 0.2) is 0 Å². The van der Waals surface area contributed by atoms with E-state index in [1.54, 1.807) is 7.05 Å². The second-order valence-corrected chi connectivity index (χ2v) is 3.24. The first-order chi connectivity index (χ1) is 6.94. The molecule has 0 aliphatic rings. The summed E-state index contributed by atoms with van der Waals surface area (Å²) in [5, 5.41) is 2.87. The van der Waals surface area contributed by atoms with Gasteiger partial charge in [0.2, 0.25) is 0 Å². The molecule has 0 aliphatic carbocycles. The summed E-state index contributed by atoms with van der Waals surface area (Å²) in [6.45, 7) is 0. The lowest BCUT2D eigenvalue weighted by atomic mass is 10.1. The number of methoxy groups -OCH3 is 2. The maximum absolute atomic E-state index is 11.9. The van der Waals surface area contributed by atoms with Crippen molar-refractivity contribution in [3.05, 3.63) is 0 Å². The third kappa shape index (κ3) is 6.70. The van der Waals surface area contributed by atoms with Crippen LogP contribution in [-0.4, -0.2) is 39.8 Å². The highest BCUT2D eigenvalue weighted by Crippen LogP contribution is 2.23. The Bertz CT molecular complexity index is 160. The summed E-state index contributed by atoms with van der Waals surface area (Å²) >= 11 is 0. The Morgan fingerprint density at radius 2 is 1.73 bits per heavy atom. The first-order valence-corrected chi connectivity index (χ1v) is 4.74. The smallest absolute Gasteiger partial charge is 0.354 e. The Hall–Kier alpha value is -0.330. The maximum atomic E-state index is 11.9. The van der Waals surface area contributed by atoms with E-state index >= 15 is 0 Å². The third-order valence-corrected chi connectivity index (χ3v) is 2.14. The highest BCUT2D eigenvalue weighted by atomic mass is 19.4. The number of alkyl halides is 3. The van der Waals surface area contributed by atoms with Crippen molar-refractivity contribution in [2.45, 2.75) is 37.8 Å². The number of rotatable bonds is 7. The van der Waals surface area contributed by atoms with Gasteiger partial charge in [-0.25, -0.2) is 0 Å². The van der Waals surface area contributed by atoms with Crippen LogP contribution in [0.4, 0.5) is 13.2 Å². The van der Waals surface area contributed by atoms with E-state index in [-0.39, 0.29) is 12.5 Å². The largest absolute Gasteiger partial charge is 0.389 e. The molecule has 1 atom stereocenters. The SMILES string of the molecule is CNC(CCCC(F)(F)F)C(OC)OC. The fourth-order valence-electron chi connectivity index (χ4n) is 1.36. The molecule has 0 rings (SSSR count). The Balaban J connectivity index is 3.89. The van der Waals surface area contributed by atoms with Gasteiger partial charge in [0.15, 0.2) is 6.29 Å². The van der Waals surface area contributed by atoms with Crippen LogP contribution in [0.3, 0.4) is 0 Å². The molecular formula is C9H18F3NO2. The van der Waals surface area contributed by atoms with Gasteiger partial charge in [-0.2, -0.15) is 13.2 Å². The van der Waals surface area contributed by atoms with Crippen LogP contribution < -0.4 is 5.32 Å². The minimum absolute atomic E-state index is 0.0677. The molecule has 0 aromatic carbocycles. The monoisotopic (exact) mass is 229 g/mol. The summed E-state index contributed by atoms with van der Waals surface area (Å²) in [6.07, 6.45) is -4.94. The predicted molar refractivity (Wildman–Crippen MR) is 50.6 cm³/mol. The molecule has 0 heterocycles. The first kappa shape index (κ1) is 14.7. The standard InChI is InChI=1S/C9H18F3NO2/c1-13-7(8(14-2)15-3)5-4-6-9(10,11)12/h7-8,13H,4-6H2,1-3H3. The molecule has 0 saturated heterocycles. The molecule has 0 spiro atoms. The summed E-state index contributed by atoms with van der Waals surface area (Å²) in [5.74, 6) is 0. The van der Waals surface area contributed by atoms with Crippen LogP contribution >= 0.6 is 0 Å². The molecule has 0 radical (unpaired) electrons. The number of hydrogen-bond acceptors (Lipinski definition) is 3. The normalized spacial score (nSPS) is 14.6. The highest BCUT2D eigenvalue weighted by Gasteiger charge is 2.27. The fraction of sp³-hybridized carbons (Fsp3) is 1.00. The van der Waals surface area contributed by atoms with Crippen molar-refractivity contribution in [2.75, 3.05) is 21.3 Å². The molecule has 0 aliphatic heterocycles. The van der Waals surface area contributed by atoms with Crippen LogP contribution in [-0.2, 0) is 9.47 Å². The van der Waals surface area contributed by atoms with Crippen LogP contribution in [0.25, 0.3) is 0 Å². The lowest BCUT2D eigenvalue weighted by Crippen LogP contribution is -2.40. The quantitative estimate of drug-likeness (QED) is 0.677. The van der Waals surface area contributed by atoms with E-state index in [0.717, 1.165) is 0 Å². The zero-order valence-electron chi connectivity index (χ0n) is 9.23. The highest BCUT2D eigenvalue weighted by molar-refractivity contribution is 4.69. The van der Waals surface area contributed by atoms with E-state index in [9.17, 15) is 13.2 Å². The van der Waals surface area contributed by atoms with Gasteiger partial charge in [-0.15, -0.1) is 0 Å². The Morgan fingerprint density at radius 3 is 2.07 bits per heavy atom. The molecule has 3 nitrogen and oxygen atoms in total. The summed E-state index contributed by atoms with van der Waals surface area (Å²) in [4.78, 5) is 0. The van der Waals surface area contributed by atoms with Crippen LogP contribution in [0, 0.1) is 0 Å². The molecule has 1 N–H and O–H groups in total. The Kier molecular flexibility index (Phi) is 6.87. The van der Waals surface area contributed by atoms with Crippen molar-refractivity contribution in [3.63, 3.8) is 0 Å². The van der Waals surface area contributed by atoms with Gasteiger partial charge in [-0.1, -0.05) is 0 Å². The topological polar surface area (TPSA) is 30.5 Å². The average Bonchev–Trinajstić information content (AvgIpc) is 2.15. The van der Waals surface area contributed by atoms with Gasteiger partial charge in [-0.05, 0) is 19.9 Å². The molecule has 0 amide bonds. The summed E-state index contributed by atoms with van der Waals surface area (Å²) < 4.78 is 45.6. The second kappa shape index (κ2) is 7.03. The van der Waals surface area contributed by atoms with Crippen LogP contribution in [0.5, 0.6) is 0 Å². The molecule has 1 unspecified atom stereocenters. The van der Waals surface area contributed by atoms with Crippen LogP contribution in [0.1, 0.15) is 19.3 Å². The van der Waals surface area contributed by atoms with Crippen LogP contribution in [0.2, 0.25) is 0 Å². The van der Waals surface area contributed by atoms with Gasteiger partial charge in [0.05, 0.1) is 6.04 Å². The lowest BCUT2D eigenvalue weighted by molar-refractivity contribution is -0.141. The minimum Gasteiger partial charge on any atom is -0.354 e. The number of hydrogen-bond donors (Lipinski definition) is 1. The molecular weight excluding hydrogens is 211 g/mol. The van der Waals surface area contributed by atoms with Crippen molar-refractivity contribution < 1.29 is 22.6 Å². The van der Waals surface area contributed by atoms with Crippen molar-refractivity contribution in [1.29, 1.82) is 0 Å². The fourth-order valence-corrected chi connectivity index (χ4v) is 1.36. The number of nitrogens with one attached hydrogen (secondary N) is 1. The molecule has 15 heavy (non-hydrogen) atoms. The summed E-state index contributed by atoms with van der Waals surface area (Å²) in [6, 6.07) is -0.220. The molecule has 92 valence electrons. The Morgan fingerprint density at radius 1 is 1.20 bits per heavy atom. The minimum atomic E-state index is -4.09. The lowest BCUT2D eigenvalue weighted by Gasteiger charge is -2.24. The molecule has 0 bridgehead atoms. The van der Waals surface area contributed by atoms with Crippen molar-refractivity contribution in [3.8, 4) is 0 Å². The van der Waals surface area contributed by atoms with E-state index in [4.69, 9.17) is 9.47 Å². The first-order valence-electron chi connectivity index (χ1n) is 4.74. The van der Waals surface area contributed by atoms with E-state index in [1.807, 2.05) is 0 Å². The predicted octanol–water partition coefficient (Wildman–Crippen LogP) is 1.93. The summed E-state index contributed by atoms with van der Waals surface area (Å²) in [7, 11) is 4.59. The molecule has 0 aromatic heterocycles. The average molecular weight is 229 g/mol. The van der Waals surface area contributed by atoms with Gasteiger partial charge in [0.25, 0.3) is 0 Å². The molecule has 0 fully saturated rings. The van der Waals surface area contributed by atoms with Gasteiger partial charge < -0.3 is 14.8 Å². The second-order valence-electron chi connectivity index (χ2n) is 3.24. The van der Waals surface area contributed by atoms with E-state index in [2.05, 4.69) is 5.32 Å². The maximum Gasteiger partial charge on any atom is 0.389 e. The Labute approximate surface area is 87.9 Å². The number of ether oxygens (including phenoxy) is 2. The number of halogens is 3. The van der Waals surface area contributed by atoms with E-state index in [1.165, 1.54) is 14.2 Å². The molecule has 0 aromatic rings. The number of likely N-dealkylation sites (N-methyl/N-ethyl adjacent to an activating group) is 1. The third-order valence-electron chi connectivity index (χ3n) is 2.14. The van der Waals surface area contributed by atoms with Gasteiger partial charge >= 0.3 is 6.18 Å². The zero-order valence-corrected chi connectivity index (χ0v) is 9.23. The zero-order chi connectivity index (χ0) is 11.9. The molecule has 6 heteroatoms. The van der Waals surface area contributed by atoms with Crippen molar-refractivity contribution >= 4 is 0 Å². The van der Waals surface area contributed by atoms with Gasteiger partial charge in [-0.3, -0.25) is 0 Å². The van der Waals surface area contributed by atoms with Gasteiger partial charge in [0, 0.05) is 20.6 Å². The van der Waals surface area contributed by atoms with Crippen molar-refractivity contribution in [1.82, 2.24) is 5.32 Å². The summed E-state index contributed by atoms with van der Waals surface area (Å²) in [5.41, 5.74) is 0. The molecule has 0 saturated carbocycles.